The van der Waals surface area contributed by atoms with Crippen LogP contribution in [0.3, 0.4) is 0 Å². The maximum absolute atomic E-state index is 12.7. The summed E-state index contributed by atoms with van der Waals surface area (Å²) in [6, 6.07) is 9.05. The molecule has 4 rings (SSSR count). The summed E-state index contributed by atoms with van der Waals surface area (Å²) >= 11 is 6.63. The maximum atomic E-state index is 12.7. The second-order valence-corrected chi connectivity index (χ2v) is 6.52. The third-order valence-electron chi connectivity index (χ3n) is 3.39. The van der Waals surface area contributed by atoms with Gasteiger partial charge in [0.2, 0.25) is 6.79 Å². The van der Waals surface area contributed by atoms with E-state index in [2.05, 4.69) is 4.98 Å². The fourth-order valence-corrected chi connectivity index (χ4v) is 3.63. The van der Waals surface area contributed by atoms with Gasteiger partial charge in [-0.15, -0.1) is 0 Å². The van der Waals surface area contributed by atoms with Crippen LogP contribution in [0.1, 0.15) is 5.56 Å². The maximum Gasteiger partial charge on any atom is 0.270 e. The van der Waals surface area contributed by atoms with Crippen LogP contribution >= 0.6 is 24.0 Å². The van der Waals surface area contributed by atoms with E-state index in [9.17, 15) is 4.79 Å². The average molecular weight is 342 g/mol. The summed E-state index contributed by atoms with van der Waals surface area (Å²) in [4.78, 5) is 18.8. The second-order valence-electron chi connectivity index (χ2n) is 4.84. The molecule has 1 amide bonds. The zero-order valence-corrected chi connectivity index (χ0v) is 13.4. The smallest absolute Gasteiger partial charge is 0.270 e. The van der Waals surface area contributed by atoms with E-state index in [4.69, 9.17) is 21.7 Å². The van der Waals surface area contributed by atoms with Crippen LogP contribution < -0.4 is 14.4 Å². The largest absolute Gasteiger partial charge is 0.454 e. The van der Waals surface area contributed by atoms with E-state index in [1.807, 2.05) is 12.1 Å². The minimum atomic E-state index is -0.150. The molecule has 2 aliphatic rings. The van der Waals surface area contributed by atoms with Gasteiger partial charge in [-0.05, 0) is 29.8 Å². The summed E-state index contributed by atoms with van der Waals surface area (Å²) in [6.45, 7) is 0.193. The van der Waals surface area contributed by atoms with Crippen molar-refractivity contribution in [3.63, 3.8) is 0 Å². The van der Waals surface area contributed by atoms with E-state index >= 15 is 0 Å². The molecule has 0 radical (unpaired) electrons. The number of pyridine rings is 1. The SMILES string of the molecule is O=C1C(=Cc2cccnc2)SC(=S)N1c1ccc2c(c1)OCO2. The number of benzene rings is 1. The van der Waals surface area contributed by atoms with Gasteiger partial charge in [-0.1, -0.05) is 30.0 Å². The number of ether oxygens (including phenoxy) is 2. The number of anilines is 1. The third-order valence-corrected chi connectivity index (χ3v) is 4.69. The van der Waals surface area contributed by atoms with Crippen LogP contribution in [0.5, 0.6) is 11.5 Å². The molecule has 7 heteroatoms. The van der Waals surface area contributed by atoms with E-state index < -0.39 is 0 Å². The topological polar surface area (TPSA) is 51.7 Å². The van der Waals surface area contributed by atoms with Crippen molar-refractivity contribution in [1.29, 1.82) is 0 Å². The van der Waals surface area contributed by atoms with Crippen molar-refractivity contribution in [2.45, 2.75) is 0 Å². The van der Waals surface area contributed by atoms with Crippen molar-refractivity contribution in [1.82, 2.24) is 4.98 Å². The lowest BCUT2D eigenvalue weighted by Crippen LogP contribution is -2.27. The Bertz CT molecular complexity index is 836. The summed E-state index contributed by atoms with van der Waals surface area (Å²) in [6.07, 6.45) is 5.18. The fourth-order valence-electron chi connectivity index (χ4n) is 2.33. The summed E-state index contributed by atoms with van der Waals surface area (Å²) in [5, 5.41) is 0. The Labute approximate surface area is 141 Å². The highest BCUT2D eigenvalue weighted by molar-refractivity contribution is 8.27. The molecule has 0 aliphatic carbocycles. The number of thiocarbonyl (C=S) groups is 1. The van der Waals surface area contributed by atoms with Gasteiger partial charge in [-0.2, -0.15) is 0 Å². The number of thioether (sulfide) groups is 1. The molecule has 2 aliphatic heterocycles. The Morgan fingerprint density at radius 3 is 2.96 bits per heavy atom. The Kier molecular flexibility index (Phi) is 3.51. The second kappa shape index (κ2) is 5.68. The first-order chi connectivity index (χ1) is 11.2. The van der Waals surface area contributed by atoms with Crippen molar-refractivity contribution in [2.75, 3.05) is 11.7 Å². The molecule has 5 nitrogen and oxygen atoms in total. The average Bonchev–Trinajstić information content (AvgIpc) is 3.13. The highest BCUT2D eigenvalue weighted by atomic mass is 32.2. The number of rotatable bonds is 2. The van der Waals surface area contributed by atoms with Crippen LogP contribution in [0.4, 0.5) is 5.69 Å². The fraction of sp³-hybridized carbons (Fsp3) is 0.0625. The molecule has 1 aromatic heterocycles. The number of carbonyl (C=O) groups excluding carboxylic acids is 1. The van der Waals surface area contributed by atoms with Crippen LogP contribution in [0.15, 0.2) is 47.6 Å². The number of aromatic nitrogens is 1. The van der Waals surface area contributed by atoms with E-state index in [0.29, 0.717) is 26.4 Å². The van der Waals surface area contributed by atoms with E-state index in [0.717, 1.165) is 5.56 Å². The van der Waals surface area contributed by atoms with Gasteiger partial charge in [0, 0.05) is 18.5 Å². The molecule has 2 aromatic rings. The summed E-state index contributed by atoms with van der Waals surface area (Å²) in [5.41, 5.74) is 1.53. The molecular formula is C16H10N2O3S2. The Morgan fingerprint density at radius 1 is 1.26 bits per heavy atom. The monoisotopic (exact) mass is 342 g/mol. The van der Waals surface area contributed by atoms with Gasteiger partial charge < -0.3 is 9.47 Å². The zero-order valence-electron chi connectivity index (χ0n) is 11.8. The van der Waals surface area contributed by atoms with Crippen LogP contribution in [0, 0.1) is 0 Å². The Hall–Kier alpha value is -2.38. The molecule has 0 spiro atoms. The van der Waals surface area contributed by atoms with Gasteiger partial charge in [0.15, 0.2) is 15.8 Å². The van der Waals surface area contributed by atoms with Crippen molar-refractivity contribution < 1.29 is 14.3 Å². The molecule has 114 valence electrons. The van der Waals surface area contributed by atoms with Gasteiger partial charge in [0.25, 0.3) is 5.91 Å². The highest BCUT2D eigenvalue weighted by Crippen LogP contribution is 2.40. The molecule has 3 heterocycles. The molecule has 0 N–H and O–H groups in total. The number of fused-ring (bicyclic) bond motifs is 1. The van der Waals surface area contributed by atoms with E-state index in [-0.39, 0.29) is 12.7 Å². The zero-order chi connectivity index (χ0) is 15.8. The number of amides is 1. The predicted molar refractivity (Wildman–Crippen MR) is 92.5 cm³/mol. The molecule has 1 saturated heterocycles. The normalized spacial score (nSPS) is 18.1. The molecule has 1 fully saturated rings. The molecule has 0 bridgehead atoms. The van der Waals surface area contributed by atoms with Crippen LogP contribution in [0.25, 0.3) is 6.08 Å². The molecule has 23 heavy (non-hydrogen) atoms. The first-order valence-corrected chi connectivity index (χ1v) is 8.02. The van der Waals surface area contributed by atoms with Gasteiger partial charge in [-0.3, -0.25) is 14.7 Å². The van der Waals surface area contributed by atoms with Gasteiger partial charge in [0.1, 0.15) is 0 Å². The minimum absolute atomic E-state index is 0.150. The summed E-state index contributed by atoms with van der Waals surface area (Å²) in [7, 11) is 0. The Balaban J connectivity index is 1.67. The van der Waals surface area contributed by atoms with Crippen LogP contribution in [-0.2, 0) is 4.79 Å². The Morgan fingerprint density at radius 2 is 2.13 bits per heavy atom. The van der Waals surface area contributed by atoms with Crippen molar-refractivity contribution in [2.24, 2.45) is 0 Å². The van der Waals surface area contributed by atoms with E-state index in [1.54, 1.807) is 36.7 Å². The first-order valence-electron chi connectivity index (χ1n) is 6.80. The summed E-state index contributed by atoms with van der Waals surface area (Å²) < 4.78 is 11.1. The minimum Gasteiger partial charge on any atom is -0.454 e. The molecule has 0 atom stereocenters. The lowest BCUT2D eigenvalue weighted by atomic mass is 10.2. The van der Waals surface area contributed by atoms with Crippen molar-refractivity contribution in [3.05, 3.63) is 53.2 Å². The number of hydrogen-bond acceptors (Lipinski definition) is 6. The third kappa shape index (κ3) is 2.58. The van der Waals surface area contributed by atoms with Crippen molar-refractivity contribution >= 4 is 46.0 Å². The van der Waals surface area contributed by atoms with Gasteiger partial charge in [-0.25, -0.2) is 0 Å². The predicted octanol–water partition coefficient (Wildman–Crippen LogP) is 3.22. The lowest BCUT2D eigenvalue weighted by molar-refractivity contribution is -0.113. The molecule has 0 unspecified atom stereocenters. The van der Waals surface area contributed by atoms with Crippen LogP contribution in [0.2, 0.25) is 0 Å². The highest BCUT2D eigenvalue weighted by Gasteiger charge is 2.34. The van der Waals surface area contributed by atoms with Gasteiger partial charge >= 0.3 is 0 Å². The standard InChI is InChI=1S/C16H10N2O3S2/c19-15-14(6-10-2-1-5-17-8-10)23-16(22)18(15)11-3-4-12-13(7-11)21-9-20-12/h1-8H,9H2. The van der Waals surface area contributed by atoms with Crippen LogP contribution in [-0.4, -0.2) is 22.0 Å². The molecule has 1 aromatic carbocycles. The van der Waals surface area contributed by atoms with Crippen molar-refractivity contribution in [3.8, 4) is 11.5 Å². The quantitative estimate of drug-likeness (QED) is 0.617. The number of hydrogen-bond donors (Lipinski definition) is 0. The summed E-state index contributed by atoms with van der Waals surface area (Å²) in [5.74, 6) is 1.14. The van der Waals surface area contributed by atoms with Gasteiger partial charge in [0.05, 0.1) is 10.6 Å². The first kappa shape index (κ1) is 14.2. The number of carbonyl (C=O) groups is 1. The number of nitrogens with zero attached hydrogens (tertiary/aromatic N) is 2. The molecular weight excluding hydrogens is 332 g/mol. The molecule has 0 saturated carbocycles. The lowest BCUT2D eigenvalue weighted by Gasteiger charge is -2.14. The van der Waals surface area contributed by atoms with E-state index in [1.165, 1.54) is 16.7 Å².